The first kappa shape index (κ1) is 14.2. The molecule has 4 heteroatoms. The van der Waals surface area contributed by atoms with Crippen molar-refractivity contribution in [2.24, 2.45) is 0 Å². The van der Waals surface area contributed by atoms with Crippen molar-refractivity contribution in [3.8, 4) is 0 Å². The van der Waals surface area contributed by atoms with Gasteiger partial charge >= 0.3 is 0 Å². The van der Waals surface area contributed by atoms with E-state index in [1.165, 1.54) is 12.1 Å². The molecule has 1 N–H and O–H groups in total. The third-order valence-electron chi connectivity index (χ3n) is 3.15. The minimum Gasteiger partial charge on any atom is -0.390 e. The number of hydrogen-bond donors (Lipinski definition) is 1. The van der Waals surface area contributed by atoms with E-state index in [4.69, 9.17) is 9.47 Å². The zero-order valence-corrected chi connectivity index (χ0v) is 11.2. The summed E-state index contributed by atoms with van der Waals surface area (Å²) in [5.74, 6) is -0.971. The average molecular weight is 266 g/mol. The summed E-state index contributed by atoms with van der Waals surface area (Å²) in [6.07, 6.45) is -0.758. The summed E-state index contributed by atoms with van der Waals surface area (Å²) in [6, 6.07) is 6.18. The van der Waals surface area contributed by atoms with Gasteiger partial charge in [-0.2, -0.15) is 0 Å². The lowest BCUT2D eigenvalue weighted by Gasteiger charge is -2.21. The minimum absolute atomic E-state index is 0.310. The lowest BCUT2D eigenvalue weighted by molar-refractivity contribution is -0.150. The normalized spacial score (nSPS) is 23.3. The first-order valence-electron chi connectivity index (χ1n) is 6.31. The second-order valence-corrected chi connectivity index (χ2v) is 5.25. The van der Waals surface area contributed by atoms with Crippen LogP contribution in [0.3, 0.4) is 0 Å². The van der Waals surface area contributed by atoms with E-state index < -0.39 is 11.9 Å². The zero-order valence-electron chi connectivity index (χ0n) is 11.2. The van der Waals surface area contributed by atoms with Crippen molar-refractivity contribution in [2.75, 3.05) is 6.61 Å². The van der Waals surface area contributed by atoms with Gasteiger partial charge in [-0.3, -0.25) is 0 Å². The maximum absolute atomic E-state index is 13.1. The van der Waals surface area contributed by atoms with E-state index in [1.54, 1.807) is 26.0 Å². The number of rotatable bonds is 4. The van der Waals surface area contributed by atoms with Crippen LogP contribution in [0.1, 0.15) is 25.8 Å². The molecule has 1 fully saturated rings. The smallest absolute Gasteiger partial charge is 0.163 e. The van der Waals surface area contributed by atoms with Crippen molar-refractivity contribution < 1.29 is 19.0 Å². The molecule has 1 saturated heterocycles. The van der Waals surface area contributed by atoms with Crippen LogP contribution in [0.25, 0.3) is 5.57 Å². The van der Waals surface area contributed by atoms with E-state index in [-0.39, 0.29) is 11.9 Å². The van der Waals surface area contributed by atoms with E-state index in [2.05, 4.69) is 6.58 Å². The van der Waals surface area contributed by atoms with Crippen LogP contribution in [0.15, 0.2) is 30.8 Å². The molecular formula is C15H19FO3. The van der Waals surface area contributed by atoms with Gasteiger partial charge in [0.1, 0.15) is 11.9 Å². The Morgan fingerprint density at radius 2 is 2.32 bits per heavy atom. The zero-order chi connectivity index (χ0) is 14.0. The maximum atomic E-state index is 13.1. The van der Waals surface area contributed by atoms with Gasteiger partial charge in [-0.1, -0.05) is 18.7 Å². The largest absolute Gasteiger partial charge is 0.390 e. The predicted octanol–water partition coefficient (Wildman–Crippen LogP) is 2.74. The number of halogens is 1. The molecule has 3 nitrogen and oxygen atoms in total. The van der Waals surface area contributed by atoms with Crippen LogP contribution in [0.4, 0.5) is 4.39 Å². The lowest BCUT2D eigenvalue weighted by Crippen LogP contribution is -2.30. The van der Waals surface area contributed by atoms with Crippen molar-refractivity contribution in [3.05, 3.63) is 42.2 Å². The minimum atomic E-state index is -0.711. The predicted molar refractivity (Wildman–Crippen MR) is 71.0 cm³/mol. The quantitative estimate of drug-likeness (QED) is 0.910. The number of ether oxygens (including phenoxy) is 2. The molecule has 2 rings (SSSR count). The molecule has 19 heavy (non-hydrogen) atoms. The van der Waals surface area contributed by atoms with Crippen LogP contribution in [-0.2, 0) is 9.47 Å². The SMILES string of the molecule is C=C(C[C@H](O)[C@H]1COC(C)(C)O1)c1cccc(F)c1. The Kier molecular flexibility index (Phi) is 4.04. The molecule has 0 aromatic heterocycles. The van der Waals surface area contributed by atoms with E-state index >= 15 is 0 Å². The Bertz CT molecular complexity index is 470. The van der Waals surface area contributed by atoms with Gasteiger partial charge in [0.2, 0.25) is 0 Å². The molecule has 2 atom stereocenters. The number of benzene rings is 1. The van der Waals surface area contributed by atoms with Crippen LogP contribution in [0.2, 0.25) is 0 Å². The first-order valence-corrected chi connectivity index (χ1v) is 6.31. The highest BCUT2D eigenvalue weighted by Gasteiger charge is 2.36. The summed E-state index contributed by atoms with van der Waals surface area (Å²) < 4.78 is 24.1. The second-order valence-electron chi connectivity index (χ2n) is 5.25. The van der Waals surface area contributed by atoms with Gasteiger partial charge in [-0.05, 0) is 37.1 Å². The third kappa shape index (κ3) is 3.62. The van der Waals surface area contributed by atoms with Crippen LogP contribution >= 0.6 is 0 Å². The van der Waals surface area contributed by atoms with E-state index in [0.29, 0.717) is 24.2 Å². The average Bonchev–Trinajstić information content (AvgIpc) is 2.69. The van der Waals surface area contributed by atoms with Crippen molar-refractivity contribution >= 4 is 5.57 Å². The molecule has 0 spiro atoms. The van der Waals surface area contributed by atoms with Gasteiger partial charge < -0.3 is 14.6 Å². The van der Waals surface area contributed by atoms with E-state index in [0.717, 1.165) is 0 Å². The molecule has 1 aliphatic heterocycles. The van der Waals surface area contributed by atoms with Crippen LogP contribution in [0.5, 0.6) is 0 Å². The molecule has 1 heterocycles. The molecule has 0 saturated carbocycles. The van der Waals surface area contributed by atoms with Crippen molar-refractivity contribution in [2.45, 2.75) is 38.3 Å². The fourth-order valence-corrected chi connectivity index (χ4v) is 2.12. The van der Waals surface area contributed by atoms with Gasteiger partial charge in [0, 0.05) is 6.42 Å². The Morgan fingerprint density at radius 1 is 1.58 bits per heavy atom. The standard InChI is InChI=1S/C15H19FO3/c1-10(11-5-4-6-12(16)8-11)7-13(17)14-9-18-15(2,3)19-14/h4-6,8,13-14,17H,1,7,9H2,2-3H3/t13-,14+/m0/s1. The summed E-state index contributed by atoms with van der Waals surface area (Å²) in [5, 5.41) is 10.1. The third-order valence-corrected chi connectivity index (χ3v) is 3.15. The highest BCUT2D eigenvalue weighted by atomic mass is 19.1. The van der Waals surface area contributed by atoms with E-state index in [9.17, 15) is 9.50 Å². The van der Waals surface area contributed by atoms with Crippen molar-refractivity contribution in [1.29, 1.82) is 0 Å². The summed E-state index contributed by atoms with van der Waals surface area (Å²) >= 11 is 0. The van der Waals surface area contributed by atoms with Crippen LogP contribution < -0.4 is 0 Å². The summed E-state index contributed by atoms with van der Waals surface area (Å²) in [7, 11) is 0. The number of hydrogen-bond acceptors (Lipinski definition) is 3. The van der Waals surface area contributed by atoms with E-state index in [1.807, 2.05) is 0 Å². The molecule has 0 bridgehead atoms. The molecule has 0 unspecified atom stereocenters. The number of aliphatic hydroxyl groups excluding tert-OH is 1. The van der Waals surface area contributed by atoms with Crippen LogP contribution in [0, 0.1) is 5.82 Å². The summed E-state index contributed by atoms with van der Waals surface area (Å²) in [5.41, 5.74) is 1.37. The second kappa shape index (κ2) is 5.41. The molecule has 0 radical (unpaired) electrons. The highest BCUT2D eigenvalue weighted by molar-refractivity contribution is 5.63. The van der Waals surface area contributed by atoms with Gasteiger partial charge in [0.05, 0.1) is 12.7 Å². The monoisotopic (exact) mass is 266 g/mol. The summed E-state index contributed by atoms with van der Waals surface area (Å²) in [4.78, 5) is 0. The number of aliphatic hydroxyl groups is 1. The molecule has 104 valence electrons. The molecule has 0 amide bonds. The molecule has 0 aliphatic carbocycles. The highest BCUT2D eigenvalue weighted by Crippen LogP contribution is 2.28. The fourth-order valence-electron chi connectivity index (χ4n) is 2.12. The summed E-state index contributed by atoms with van der Waals surface area (Å²) in [6.45, 7) is 7.86. The topological polar surface area (TPSA) is 38.7 Å². The molecule has 1 aromatic carbocycles. The lowest BCUT2D eigenvalue weighted by atomic mass is 9.99. The van der Waals surface area contributed by atoms with Gasteiger partial charge in [-0.15, -0.1) is 0 Å². The van der Waals surface area contributed by atoms with Gasteiger partial charge in [0.15, 0.2) is 5.79 Å². The Labute approximate surface area is 112 Å². The Morgan fingerprint density at radius 3 is 2.89 bits per heavy atom. The first-order chi connectivity index (χ1) is 8.87. The fraction of sp³-hybridized carbons (Fsp3) is 0.467. The molecule has 1 aliphatic rings. The van der Waals surface area contributed by atoms with Gasteiger partial charge in [-0.25, -0.2) is 4.39 Å². The van der Waals surface area contributed by atoms with Crippen LogP contribution in [-0.4, -0.2) is 29.7 Å². The molecular weight excluding hydrogens is 247 g/mol. The van der Waals surface area contributed by atoms with Crippen molar-refractivity contribution in [3.63, 3.8) is 0 Å². The van der Waals surface area contributed by atoms with Crippen molar-refractivity contribution in [1.82, 2.24) is 0 Å². The maximum Gasteiger partial charge on any atom is 0.163 e. The van der Waals surface area contributed by atoms with Gasteiger partial charge in [0.25, 0.3) is 0 Å². The molecule has 1 aromatic rings. The Hall–Kier alpha value is -1.23. The Balaban J connectivity index is 1.96.